The second-order valence-electron chi connectivity index (χ2n) is 5.94. The van der Waals surface area contributed by atoms with Crippen molar-refractivity contribution in [2.24, 2.45) is 5.41 Å². The molecule has 3 atom stereocenters. The van der Waals surface area contributed by atoms with Crippen LogP contribution in [-0.2, 0) is 9.53 Å². The minimum atomic E-state index is -0.764. The van der Waals surface area contributed by atoms with Crippen LogP contribution in [0, 0.1) is 16.7 Å². The van der Waals surface area contributed by atoms with Crippen LogP contribution < -0.4 is 5.32 Å². The first-order valence-corrected chi connectivity index (χ1v) is 7.11. The molecule has 0 aromatic carbocycles. The van der Waals surface area contributed by atoms with E-state index in [1.807, 2.05) is 0 Å². The Hall–Kier alpha value is -1.08. The third-order valence-electron chi connectivity index (χ3n) is 4.78. The van der Waals surface area contributed by atoms with Crippen molar-refractivity contribution in [2.45, 2.75) is 69.6 Å². The number of fused-ring (bicyclic) bond motifs is 2. The number of rotatable bonds is 2. The first kappa shape index (κ1) is 12.0. The van der Waals surface area contributed by atoms with Crippen molar-refractivity contribution in [1.29, 1.82) is 5.26 Å². The number of amides is 1. The van der Waals surface area contributed by atoms with Gasteiger partial charge in [-0.05, 0) is 32.1 Å². The minimum absolute atomic E-state index is 0.0501. The van der Waals surface area contributed by atoms with Crippen LogP contribution in [0.4, 0.5) is 0 Å². The van der Waals surface area contributed by atoms with Crippen LogP contribution in [0.2, 0.25) is 0 Å². The molecule has 2 aliphatic heterocycles. The van der Waals surface area contributed by atoms with E-state index in [9.17, 15) is 10.1 Å². The van der Waals surface area contributed by atoms with Crippen molar-refractivity contribution in [3.05, 3.63) is 0 Å². The SMILES string of the molecule is N#CC1(C(=O)NC2CC3CCC2O3)CCCCC1. The maximum atomic E-state index is 12.4. The molecular weight excluding hydrogens is 228 g/mol. The number of carbonyl (C=O) groups is 1. The Kier molecular flexibility index (Phi) is 3.03. The number of nitriles is 1. The van der Waals surface area contributed by atoms with E-state index in [4.69, 9.17) is 4.74 Å². The second kappa shape index (κ2) is 4.55. The molecule has 1 saturated carbocycles. The predicted octanol–water partition coefficient (Wildman–Crippen LogP) is 1.90. The molecule has 0 radical (unpaired) electrons. The van der Waals surface area contributed by atoms with Gasteiger partial charge in [-0.3, -0.25) is 4.79 Å². The smallest absolute Gasteiger partial charge is 0.240 e. The van der Waals surface area contributed by atoms with E-state index in [-0.39, 0.29) is 18.1 Å². The van der Waals surface area contributed by atoms with E-state index in [0.717, 1.165) is 51.4 Å². The molecular formula is C14H20N2O2. The summed E-state index contributed by atoms with van der Waals surface area (Å²) in [6.45, 7) is 0. The molecule has 18 heavy (non-hydrogen) atoms. The molecule has 4 nitrogen and oxygen atoms in total. The Morgan fingerprint density at radius 1 is 1.28 bits per heavy atom. The van der Waals surface area contributed by atoms with Gasteiger partial charge in [-0.2, -0.15) is 5.26 Å². The largest absolute Gasteiger partial charge is 0.373 e. The summed E-state index contributed by atoms with van der Waals surface area (Å²) < 4.78 is 5.74. The van der Waals surface area contributed by atoms with Gasteiger partial charge in [0.2, 0.25) is 5.91 Å². The summed E-state index contributed by atoms with van der Waals surface area (Å²) in [5.41, 5.74) is -0.764. The Balaban J connectivity index is 1.65. The maximum Gasteiger partial charge on any atom is 0.240 e. The molecule has 3 unspecified atom stereocenters. The fourth-order valence-corrected chi connectivity index (χ4v) is 3.64. The van der Waals surface area contributed by atoms with Crippen LogP contribution in [0.25, 0.3) is 0 Å². The lowest BCUT2D eigenvalue weighted by molar-refractivity contribution is -0.130. The lowest BCUT2D eigenvalue weighted by atomic mass is 9.74. The van der Waals surface area contributed by atoms with E-state index >= 15 is 0 Å². The Bertz CT molecular complexity index is 382. The van der Waals surface area contributed by atoms with Gasteiger partial charge in [0.1, 0.15) is 5.41 Å². The number of nitrogens with one attached hydrogen (secondary N) is 1. The normalized spacial score (nSPS) is 37.2. The average molecular weight is 248 g/mol. The van der Waals surface area contributed by atoms with Crippen molar-refractivity contribution in [3.63, 3.8) is 0 Å². The van der Waals surface area contributed by atoms with Crippen LogP contribution in [0.15, 0.2) is 0 Å². The molecule has 1 N–H and O–H groups in total. The highest BCUT2D eigenvalue weighted by molar-refractivity contribution is 5.85. The van der Waals surface area contributed by atoms with Gasteiger partial charge in [-0.15, -0.1) is 0 Å². The van der Waals surface area contributed by atoms with E-state index in [1.165, 1.54) is 0 Å². The molecule has 3 rings (SSSR count). The molecule has 1 aliphatic carbocycles. The monoisotopic (exact) mass is 248 g/mol. The lowest BCUT2D eigenvalue weighted by Crippen LogP contribution is -2.49. The standard InChI is InChI=1S/C14H20N2O2/c15-9-14(6-2-1-3-7-14)13(17)16-11-8-10-4-5-12(11)18-10/h10-12H,1-8H2,(H,16,17). The fourth-order valence-electron chi connectivity index (χ4n) is 3.64. The molecule has 0 spiro atoms. The molecule has 4 heteroatoms. The number of nitrogens with zero attached hydrogens (tertiary/aromatic N) is 1. The predicted molar refractivity (Wildman–Crippen MR) is 65.6 cm³/mol. The van der Waals surface area contributed by atoms with Crippen molar-refractivity contribution < 1.29 is 9.53 Å². The summed E-state index contributed by atoms with van der Waals surface area (Å²) in [5.74, 6) is -0.0501. The summed E-state index contributed by atoms with van der Waals surface area (Å²) >= 11 is 0. The topological polar surface area (TPSA) is 62.1 Å². The fraction of sp³-hybridized carbons (Fsp3) is 0.857. The molecule has 1 amide bonds. The number of hydrogen-bond donors (Lipinski definition) is 1. The van der Waals surface area contributed by atoms with E-state index in [0.29, 0.717) is 6.10 Å². The second-order valence-corrected chi connectivity index (χ2v) is 5.94. The number of ether oxygens (including phenoxy) is 1. The molecule has 2 bridgehead atoms. The number of carbonyl (C=O) groups excluding carboxylic acids is 1. The highest BCUT2D eigenvalue weighted by atomic mass is 16.5. The van der Waals surface area contributed by atoms with Crippen molar-refractivity contribution in [1.82, 2.24) is 5.32 Å². The van der Waals surface area contributed by atoms with Crippen LogP contribution in [0.1, 0.15) is 51.4 Å². The summed E-state index contributed by atoms with van der Waals surface area (Å²) in [6.07, 6.45) is 8.21. The minimum Gasteiger partial charge on any atom is -0.373 e. The van der Waals surface area contributed by atoms with Gasteiger partial charge in [0.15, 0.2) is 0 Å². The van der Waals surface area contributed by atoms with Gasteiger partial charge in [0.25, 0.3) is 0 Å². The van der Waals surface area contributed by atoms with Gasteiger partial charge in [-0.25, -0.2) is 0 Å². The van der Waals surface area contributed by atoms with Gasteiger partial charge < -0.3 is 10.1 Å². The zero-order chi connectivity index (χ0) is 12.6. The Labute approximate surface area is 108 Å². The van der Waals surface area contributed by atoms with E-state index in [1.54, 1.807) is 0 Å². The maximum absolute atomic E-state index is 12.4. The summed E-state index contributed by atoms with van der Waals surface area (Å²) in [5, 5.41) is 12.5. The van der Waals surface area contributed by atoms with Crippen molar-refractivity contribution in [3.8, 4) is 6.07 Å². The van der Waals surface area contributed by atoms with E-state index in [2.05, 4.69) is 11.4 Å². The van der Waals surface area contributed by atoms with Gasteiger partial charge in [-0.1, -0.05) is 19.3 Å². The first-order chi connectivity index (χ1) is 8.73. The van der Waals surface area contributed by atoms with Gasteiger partial charge >= 0.3 is 0 Å². The Morgan fingerprint density at radius 2 is 2.06 bits per heavy atom. The number of hydrogen-bond acceptors (Lipinski definition) is 3. The lowest BCUT2D eigenvalue weighted by Gasteiger charge is -2.31. The molecule has 2 heterocycles. The molecule has 98 valence electrons. The molecule has 3 fully saturated rings. The Morgan fingerprint density at radius 3 is 2.61 bits per heavy atom. The van der Waals surface area contributed by atoms with Crippen molar-refractivity contribution >= 4 is 5.91 Å². The third-order valence-corrected chi connectivity index (χ3v) is 4.78. The van der Waals surface area contributed by atoms with Crippen LogP contribution in [0.5, 0.6) is 0 Å². The third kappa shape index (κ3) is 1.91. The van der Waals surface area contributed by atoms with Gasteiger partial charge in [0, 0.05) is 0 Å². The van der Waals surface area contributed by atoms with Crippen LogP contribution in [0.3, 0.4) is 0 Å². The van der Waals surface area contributed by atoms with Crippen LogP contribution >= 0.6 is 0 Å². The zero-order valence-corrected chi connectivity index (χ0v) is 10.7. The average Bonchev–Trinajstić information content (AvgIpc) is 3.01. The molecule has 2 saturated heterocycles. The summed E-state index contributed by atoms with van der Waals surface area (Å²) in [6, 6.07) is 2.42. The quantitative estimate of drug-likeness (QED) is 0.811. The first-order valence-electron chi connectivity index (χ1n) is 7.11. The molecule has 0 aromatic heterocycles. The van der Waals surface area contributed by atoms with Crippen molar-refractivity contribution in [2.75, 3.05) is 0 Å². The molecule has 3 aliphatic rings. The summed E-state index contributed by atoms with van der Waals surface area (Å²) in [7, 11) is 0. The summed E-state index contributed by atoms with van der Waals surface area (Å²) in [4.78, 5) is 12.4. The highest BCUT2D eigenvalue weighted by Gasteiger charge is 2.45. The zero-order valence-electron chi connectivity index (χ0n) is 10.7. The van der Waals surface area contributed by atoms with Crippen LogP contribution in [-0.4, -0.2) is 24.2 Å². The molecule has 0 aromatic rings. The highest BCUT2D eigenvalue weighted by Crippen LogP contribution is 2.38. The van der Waals surface area contributed by atoms with Gasteiger partial charge in [0.05, 0.1) is 24.3 Å². The van der Waals surface area contributed by atoms with E-state index < -0.39 is 5.41 Å².